The molecule has 1 fully saturated rings. The summed E-state index contributed by atoms with van der Waals surface area (Å²) in [5, 5.41) is 11.7. The first-order valence-electron chi connectivity index (χ1n) is 5.92. The predicted octanol–water partition coefficient (Wildman–Crippen LogP) is 0.687. The Bertz CT molecular complexity index is 517. The average molecular weight is 264 g/mol. The Morgan fingerprint density at radius 1 is 1.47 bits per heavy atom. The van der Waals surface area contributed by atoms with E-state index in [1.807, 2.05) is 0 Å². The summed E-state index contributed by atoms with van der Waals surface area (Å²) in [7, 11) is 0. The van der Waals surface area contributed by atoms with E-state index < -0.39 is 17.4 Å². The van der Waals surface area contributed by atoms with Crippen LogP contribution in [0.1, 0.15) is 17.3 Å². The van der Waals surface area contributed by atoms with Gasteiger partial charge in [0.05, 0.1) is 29.9 Å². The first-order chi connectivity index (χ1) is 8.95. The highest BCUT2D eigenvalue weighted by Gasteiger charge is 2.44. The number of carboxylic acid groups (broad SMARTS) is 1. The van der Waals surface area contributed by atoms with Crippen LogP contribution in [0.4, 0.5) is 5.69 Å². The summed E-state index contributed by atoms with van der Waals surface area (Å²) in [5.74, 6) is -1.42. The van der Waals surface area contributed by atoms with Gasteiger partial charge in [0.1, 0.15) is 0 Å². The average Bonchev–Trinajstić information content (AvgIpc) is 2.71. The van der Waals surface area contributed by atoms with Crippen molar-refractivity contribution in [1.29, 1.82) is 0 Å². The van der Waals surface area contributed by atoms with Crippen molar-refractivity contribution in [1.82, 2.24) is 0 Å². The lowest BCUT2D eigenvalue weighted by atomic mass is 9.84. The Labute approximate surface area is 110 Å². The second-order valence-electron chi connectivity index (χ2n) is 4.84. The van der Waals surface area contributed by atoms with Gasteiger partial charge in [0.15, 0.2) is 0 Å². The largest absolute Gasteiger partial charge is 0.478 e. The van der Waals surface area contributed by atoms with Crippen LogP contribution in [-0.4, -0.2) is 36.2 Å². The molecule has 1 amide bonds. The Morgan fingerprint density at radius 3 is 2.74 bits per heavy atom. The standard InChI is InChI=1S/C13H16N2O4/c1-13(7-19-6-10(13)14)12(18)15-9-5-3-2-4-8(9)11(16)17/h2-5,10H,6-7,14H2,1H3,(H,15,18)(H,16,17). The van der Waals surface area contributed by atoms with Crippen LogP contribution in [0.15, 0.2) is 24.3 Å². The molecule has 2 atom stereocenters. The first kappa shape index (κ1) is 13.5. The Kier molecular flexibility index (Phi) is 3.55. The highest BCUT2D eigenvalue weighted by Crippen LogP contribution is 2.29. The summed E-state index contributed by atoms with van der Waals surface area (Å²) < 4.78 is 5.21. The normalized spacial score (nSPS) is 26.1. The monoisotopic (exact) mass is 264 g/mol. The van der Waals surface area contributed by atoms with E-state index in [0.29, 0.717) is 6.61 Å². The van der Waals surface area contributed by atoms with Crippen LogP contribution in [-0.2, 0) is 9.53 Å². The van der Waals surface area contributed by atoms with Crippen LogP contribution in [0.25, 0.3) is 0 Å². The van der Waals surface area contributed by atoms with Gasteiger partial charge in [-0.1, -0.05) is 12.1 Å². The molecular weight excluding hydrogens is 248 g/mol. The van der Waals surface area contributed by atoms with Gasteiger partial charge in [-0.3, -0.25) is 4.79 Å². The second-order valence-corrected chi connectivity index (χ2v) is 4.84. The zero-order valence-corrected chi connectivity index (χ0v) is 10.6. The minimum absolute atomic E-state index is 0.0481. The Balaban J connectivity index is 2.22. The molecule has 1 aromatic carbocycles. The van der Waals surface area contributed by atoms with E-state index in [1.165, 1.54) is 6.07 Å². The molecule has 0 aromatic heterocycles. The van der Waals surface area contributed by atoms with E-state index in [-0.39, 0.29) is 23.8 Å². The number of hydrogen-bond acceptors (Lipinski definition) is 4. The first-order valence-corrected chi connectivity index (χ1v) is 5.92. The molecule has 0 bridgehead atoms. The minimum atomic E-state index is -1.09. The van der Waals surface area contributed by atoms with Crippen molar-refractivity contribution in [3.8, 4) is 0 Å². The molecular formula is C13H16N2O4. The molecule has 1 aliphatic heterocycles. The fourth-order valence-corrected chi connectivity index (χ4v) is 1.97. The number of ether oxygens (including phenoxy) is 1. The third-order valence-electron chi connectivity index (χ3n) is 3.44. The van der Waals surface area contributed by atoms with Gasteiger partial charge in [0, 0.05) is 6.04 Å². The number of aromatic carboxylic acids is 1. The number of nitrogens with one attached hydrogen (secondary N) is 1. The lowest BCUT2D eigenvalue weighted by Crippen LogP contribution is -2.47. The Hall–Kier alpha value is -1.92. The number of anilines is 1. The molecule has 2 rings (SSSR count). The lowest BCUT2D eigenvalue weighted by molar-refractivity contribution is -0.125. The van der Waals surface area contributed by atoms with Gasteiger partial charge >= 0.3 is 5.97 Å². The van der Waals surface area contributed by atoms with Crippen molar-refractivity contribution in [3.63, 3.8) is 0 Å². The van der Waals surface area contributed by atoms with Crippen molar-refractivity contribution in [2.24, 2.45) is 11.1 Å². The number of rotatable bonds is 3. The fourth-order valence-electron chi connectivity index (χ4n) is 1.97. The number of carbonyl (C=O) groups excluding carboxylic acids is 1. The molecule has 6 nitrogen and oxygen atoms in total. The van der Waals surface area contributed by atoms with Crippen molar-refractivity contribution >= 4 is 17.6 Å². The van der Waals surface area contributed by atoms with E-state index in [2.05, 4.69) is 5.32 Å². The van der Waals surface area contributed by atoms with E-state index in [9.17, 15) is 9.59 Å². The molecule has 0 aliphatic carbocycles. The number of amides is 1. The maximum Gasteiger partial charge on any atom is 0.337 e. The van der Waals surface area contributed by atoms with Gasteiger partial charge in [-0.25, -0.2) is 4.79 Å². The number of hydrogen-bond donors (Lipinski definition) is 3. The zero-order chi connectivity index (χ0) is 14.0. The molecule has 19 heavy (non-hydrogen) atoms. The minimum Gasteiger partial charge on any atom is -0.478 e. The summed E-state index contributed by atoms with van der Waals surface area (Å²) in [6.45, 7) is 2.27. The van der Waals surface area contributed by atoms with E-state index in [1.54, 1.807) is 25.1 Å². The quantitative estimate of drug-likeness (QED) is 0.745. The highest BCUT2D eigenvalue weighted by atomic mass is 16.5. The number of carbonyl (C=O) groups is 2. The second kappa shape index (κ2) is 4.99. The molecule has 2 unspecified atom stereocenters. The van der Waals surface area contributed by atoms with Gasteiger partial charge in [-0.05, 0) is 19.1 Å². The van der Waals surface area contributed by atoms with Crippen LogP contribution in [0.3, 0.4) is 0 Å². The van der Waals surface area contributed by atoms with E-state index in [0.717, 1.165) is 0 Å². The molecule has 1 saturated heterocycles. The van der Waals surface area contributed by atoms with E-state index >= 15 is 0 Å². The number of para-hydroxylation sites is 1. The number of nitrogens with two attached hydrogens (primary N) is 1. The van der Waals surface area contributed by atoms with Gasteiger partial charge in [0.2, 0.25) is 5.91 Å². The summed E-state index contributed by atoms with van der Waals surface area (Å²) in [5.41, 5.74) is 5.33. The van der Waals surface area contributed by atoms with Crippen LogP contribution >= 0.6 is 0 Å². The zero-order valence-electron chi connectivity index (χ0n) is 10.6. The molecule has 4 N–H and O–H groups in total. The highest BCUT2D eigenvalue weighted by molar-refractivity contribution is 6.02. The lowest BCUT2D eigenvalue weighted by Gasteiger charge is -2.25. The summed E-state index contributed by atoms with van der Waals surface area (Å²) in [6.07, 6.45) is 0. The molecule has 1 aromatic rings. The Morgan fingerprint density at radius 2 is 2.16 bits per heavy atom. The van der Waals surface area contributed by atoms with Crippen LogP contribution in [0, 0.1) is 5.41 Å². The van der Waals surface area contributed by atoms with Crippen molar-refractivity contribution in [2.75, 3.05) is 18.5 Å². The molecule has 0 saturated carbocycles. The van der Waals surface area contributed by atoms with Crippen molar-refractivity contribution in [2.45, 2.75) is 13.0 Å². The smallest absolute Gasteiger partial charge is 0.337 e. The summed E-state index contributed by atoms with van der Waals surface area (Å²) >= 11 is 0. The molecule has 102 valence electrons. The predicted molar refractivity (Wildman–Crippen MR) is 68.9 cm³/mol. The molecule has 0 radical (unpaired) electrons. The SMILES string of the molecule is CC1(C(=O)Nc2ccccc2C(=O)O)COCC1N. The number of benzene rings is 1. The topological polar surface area (TPSA) is 102 Å². The number of carboxylic acids is 1. The molecule has 0 spiro atoms. The fraction of sp³-hybridized carbons (Fsp3) is 0.385. The maximum atomic E-state index is 12.3. The van der Waals surface area contributed by atoms with Gasteiger partial charge in [0.25, 0.3) is 0 Å². The molecule has 6 heteroatoms. The van der Waals surface area contributed by atoms with Gasteiger partial charge in [-0.15, -0.1) is 0 Å². The van der Waals surface area contributed by atoms with Crippen LogP contribution < -0.4 is 11.1 Å². The van der Waals surface area contributed by atoms with Gasteiger partial charge in [-0.2, -0.15) is 0 Å². The third-order valence-corrected chi connectivity index (χ3v) is 3.44. The van der Waals surface area contributed by atoms with E-state index in [4.69, 9.17) is 15.6 Å². The van der Waals surface area contributed by atoms with Crippen molar-refractivity contribution < 1.29 is 19.4 Å². The maximum absolute atomic E-state index is 12.3. The molecule has 1 heterocycles. The molecule has 1 aliphatic rings. The third kappa shape index (κ3) is 2.45. The van der Waals surface area contributed by atoms with Crippen LogP contribution in [0.5, 0.6) is 0 Å². The van der Waals surface area contributed by atoms with Gasteiger partial charge < -0.3 is 20.9 Å². The van der Waals surface area contributed by atoms with Crippen molar-refractivity contribution in [3.05, 3.63) is 29.8 Å². The van der Waals surface area contributed by atoms with Crippen LogP contribution in [0.2, 0.25) is 0 Å². The summed E-state index contributed by atoms with van der Waals surface area (Å²) in [4.78, 5) is 23.3. The summed E-state index contributed by atoms with van der Waals surface area (Å²) in [6, 6.07) is 5.85.